The molecule has 0 bridgehead atoms. The third-order valence-corrected chi connectivity index (χ3v) is 6.56. The number of hydrogen-bond acceptors (Lipinski definition) is 6. The van der Waals surface area contributed by atoms with E-state index in [1.54, 1.807) is 6.92 Å². The highest BCUT2D eigenvalue weighted by molar-refractivity contribution is 7.92. The van der Waals surface area contributed by atoms with Gasteiger partial charge in [0, 0.05) is 6.20 Å². The Labute approximate surface area is 198 Å². The summed E-state index contributed by atoms with van der Waals surface area (Å²) in [5.41, 5.74) is 0.994. The zero-order valence-electron chi connectivity index (χ0n) is 17.8. The van der Waals surface area contributed by atoms with Crippen molar-refractivity contribution in [3.8, 4) is 5.75 Å². The van der Waals surface area contributed by atoms with Crippen LogP contribution in [0.25, 0.3) is 0 Å². The molecule has 2 aromatic carbocycles. The largest absolute Gasteiger partial charge is 0.573 e. The van der Waals surface area contributed by atoms with Gasteiger partial charge < -0.3 is 9.47 Å². The molecule has 1 aromatic heterocycles. The van der Waals surface area contributed by atoms with Gasteiger partial charge in [0.25, 0.3) is 10.0 Å². The van der Waals surface area contributed by atoms with Gasteiger partial charge in [-0.3, -0.25) is 0 Å². The van der Waals surface area contributed by atoms with Crippen LogP contribution in [0.4, 0.5) is 19.0 Å². The Kier molecular flexibility index (Phi) is 7.37. The third kappa shape index (κ3) is 5.97. The quantitative estimate of drug-likeness (QED) is 0.407. The summed E-state index contributed by atoms with van der Waals surface area (Å²) in [5, 5.41) is 0.301. The number of pyridine rings is 1. The molecule has 0 unspecified atom stereocenters. The number of aromatic nitrogens is 1. The molecular weight excluding hydrogens is 497 g/mol. The number of alkyl halides is 3. The molecule has 7 nitrogen and oxygen atoms in total. The van der Waals surface area contributed by atoms with Crippen LogP contribution in [0, 0.1) is 6.92 Å². The Morgan fingerprint density at radius 1 is 1.09 bits per heavy atom. The first-order valence-electron chi connectivity index (χ1n) is 9.58. The molecule has 0 aliphatic heterocycles. The Morgan fingerprint density at radius 2 is 1.71 bits per heavy atom. The van der Waals surface area contributed by atoms with Crippen molar-refractivity contribution in [2.75, 3.05) is 11.4 Å². The molecule has 0 aliphatic rings. The van der Waals surface area contributed by atoms with Gasteiger partial charge in [-0.15, -0.1) is 13.2 Å². The molecule has 0 saturated heterocycles. The molecule has 34 heavy (non-hydrogen) atoms. The molecule has 0 fully saturated rings. The van der Waals surface area contributed by atoms with Gasteiger partial charge in [0.1, 0.15) is 11.6 Å². The van der Waals surface area contributed by atoms with E-state index in [4.69, 9.17) is 11.6 Å². The van der Waals surface area contributed by atoms with Gasteiger partial charge in [-0.25, -0.2) is 22.5 Å². The van der Waals surface area contributed by atoms with Crippen molar-refractivity contribution in [2.45, 2.75) is 24.7 Å². The van der Waals surface area contributed by atoms with Gasteiger partial charge in [-0.05, 0) is 60.5 Å². The maximum Gasteiger partial charge on any atom is 0.573 e. The monoisotopic (exact) mass is 514 g/mol. The number of ether oxygens (including phenoxy) is 2. The Morgan fingerprint density at radius 3 is 2.24 bits per heavy atom. The number of sulfonamides is 1. The lowest BCUT2D eigenvalue weighted by molar-refractivity contribution is -0.274. The second-order valence-electron chi connectivity index (χ2n) is 7.01. The average Bonchev–Trinajstić information content (AvgIpc) is 2.77. The zero-order valence-corrected chi connectivity index (χ0v) is 19.4. The molecular formula is C22H18ClF3N2O5S. The van der Waals surface area contributed by atoms with Crippen LogP contribution in [-0.2, 0) is 21.3 Å². The van der Waals surface area contributed by atoms with E-state index in [2.05, 4.69) is 14.5 Å². The first-order valence-corrected chi connectivity index (χ1v) is 11.4. The predicted octanol–water partition coefficient (Wildman–Crippen LogP) is 5.12. The van der Waals surface area contributed by atoms with Crippen LogP contribution in [0.3, 0.4) is 0 Å². The van der Waals surface area contributed by atoms with E-state index < -0.39 is 28.1 Å². The zero-order chi connectivity index (χ0) is 25.1. The Hall–Kier alpha value is -3.31. The number of carbonyl (C=O) groups excluding carboxylic acids is 1. The lowest BCUT2D eigenvalue weighted by Crippen LogP contribution is -2.32. The number of rotatable bonds is 7. The minimum atomic E-state index is -4.85. The van der Waals surface area contributed by atoms with Gasteiger partial charge >= 0.3 is 12.3 Å². The fraction of sp³-hybridized carbons (Fsp3) is 0.182. The summed E-state index contributed by atoms with van der Waals surface area (Å²) in [7, 11) is -3.01. The lowest BCUT2D eigenvalue weighted by Gasteiger charge is -2.25. The number of halogens is 4. The molecule has 0 aliphatic carbocycles. The minimum Gasteiger partial charge on any atom is -0.465 e. The molecule has 0 radical (unpaired) electrons. The summed E-state index contributed by atoms with van der Waals surface area (Å²) in [5.74, 6) is -0.987. The van der Waals surface area contributed by atoms with Crippen LogP contribution in [0.5, 0.6) is 5.75 Å². The van der Waals surface area contributed by atoms with E-state index in [0.717, 1.165) is 16.4 Å². The van der Waals surface area contributed by atoms with Crippen LogP contribution in [0.2, 0.25) is 5.02 Å². The minimum absolute atomic E-state index is 0.0806. The molecule has 0 N–H and O–H groups in total. The van der Waals surface area contributed by atoms with Crippen molar-refractivity contribution in [3.63, 3.8) is 0 Å². The van der Waals surface area contributed by atoms with Crippen molar-refractivity contribution in [1.82, 2.24) is 4.98 Å². The third-order valence-electron chi connectivity index (χ3n) is 4.60. The van der Waals surface area contributed by atoms with Gasteiger partial charge in [0.15, 0.2) is 0 Å². The fourth-order valence-electron chi connectivity index (χ4n) is 3.04. The Bertz CT molecular complexity index is 1280. The van der Waals surface area contributed by atoms with Crippen molar-refractivity contribution in [1.29, 1.82) is 0 Å². The number of esters is 1. The van der Waals surface area contributed by atoms with E-state index in [1.165, 1.54) is 55.8 Å². The highest BCUT2D eigenvalue weighted by Crippen LogP contribution is 2.30. The molecule has 0 atom stereocenters. The first-order chi connectivity index (χ1) is 15.9. The van der Waals surface area contributed by atoms with Crippen molar-refractivity contribution < 1.29 is 35.9 Å². The summed E-state index contributed by atoms with van der Waals surface area (Å²) >= 11 is 5.96. The smallest absolute Gasteiger partial charge is 0.465 e. The summed E-state index contributed by atoms with van der Waals surface area (Å²) in [6.45, 7) is 1.38. The van der Waals surface area contributed by atoms with Crippen LogP contribution >= 0.6 is 11.6 Å². The standard InChI is InChI=1S/C22H18ClF3N2O5S/c1-14-11-17(23)12-27-20(14)28(13-15-3-7-18(8-4-15)33-22(24,25)26)34(30,31)19-9-5-16(6-10-19)21(29)32-2/h3-12H,13H2,1-2H3. The molecule has 12 heteroatoms. The molecule has 0 amide bonds. The summed E-state index contributed by atoms with van der Waals surface area (Å²) in [6, 6.07) is 11.4. The van der Waals surface area contributed by atoms with Gasteiger partial charge in [-0.2, -0.15) is 0 Å². The summed E-state index contributed by atoms with van der Waals surface area (Å²) < 4.78 is 73.9. The normalized spacial score (nSPS) is 11.7. The van der Waals surface area contributed by atoms with Crippen molar-refractivity contribution in [2.24, 2.45) is 0 Å². The lowest BCUT2D eigenvalue weighted by atomic mass is 10.2. The number of nitrogens with zero attached hydrogens (tertiary/aromatic N) is 2. The van der Waals surface area contributed by atoms with Crippen molar-refractivity contribution in [3.05, 3.63) is 82.5 Å². The second-order valence-corrected chi connectivity index (χ2v) is 9.31. The molecule has 0 saturated carbocycles. The summed E-state index contributed by atoms with van der Waals surface area (Å²) in [4.78, 5) is 15.7. The van der Waals surface area contributed by atoms with Crippen molar-refractivity contribution >= 4 is 33.4 Å². The molecule has 0 spiro atoms. The number of hydrogen-bond donors (Lipinski definition) is 0. The summed E-state index contributed by atoms with van der Waals surface area (Å²) in [6.07, 6.45) is -3.56. The van der Waals surface area contributed by atoms with Crippen LogP contribution in [-0.4, -0.2) is 32.8 Å². The first kappa shape index (κ1) is 25.3. The predicted molar refractivity (Wildman–Crippen MR) is 118 cm³/mol. The fourth-order valence-corrected chi connectivity index (χ4v) is 4.72. The molecule has 180 valence electrons. The van der Waals surface area contributed by atoms with Crippen LogP contribution < -0.4 is 9.04 Å². The van der Waals surface area contributed by atoms with Crippen LogP contribution in [0.15, 0.2) is 65.7 Å². The van der Waals surface area contributed by atoms with E-state index in [0.29, 0.717) is 16.1 Å². The maximum absolute atomic E-state index is 13.5. The van der Waals surface area contributed by atoms with Gasteiger partial charge in [0.2, 0.25) is 0 Å². The number of aryl methyl sites for hydroxylation is 1. The van der Waals surface area contributed by atoms with E-state index in [9.17, 15) is 26.4 Å². The van der Waals surface area contributed by atoms with Gasteiger partial charge in [-0.1, -0.05) is 23.7 Å². The number of benzene rings is 2. The number of carbonyl (C=O) groups is 1. The van der Waals surface area contributed by atoms with Crippen LogP contribution in [0.1, 0.15) is 21.5 Å². The molecule has 3 rings (SSSR count). The number of methoxy groups -OCH3 is 1. The van der Waals surface area contributed by atoms with E-state index in [1.807, 2.05) is 0 Å². The topological polar surface area (TPSA) is 85.8 Å². The SMILES string of the molecule is COC(=O)c1ccc(S(=O)(=O)N(Cc2ccc(OC(F)(F)F)cc2)c2ncc(Cl)cc2C)cc1. The van der Waals surface area contributed by atoms with Gasteiger partial charge in [0.05, 0.1) is 29.1 Å². The van der Waals surface area contributed by atoms with E-state index in [-0.39, 0.29) is 22.8 Å². The highest BCUT2D eigenvalue weighted by atomic mass is 35.5. The number of anilines is 1. The highest BCUT2D eigenvalue weighted by Gasteiger charge is 2.31. The maximum atomic E-state index is 13.5. The molecule has 3 aromatic rings. The average molecular weight is 515 g/mol. The van der Waals surface area contributed by atoms with E-state index >= 15 is 0 Å². The second kappa shape index (κ2) is 9.90. The Balaban J connectivity index is 2.01. The molecule has 1 heterocycles.